The molecule has 8 nitrogen and oxygen atoms in total. The summed E-state index contributed by atoms with van der Waals surface area (Å²) in [7, 11) is -1.34. The van der Waals surface area contributed by atoms with E-state index in [-0.39, 0.29) is 36.0 Å². The van der Waals surface area contributed by atoms with Crippen molar-refractivity contribution in [3.63, 3.8) is 0 Å². The van der Waals surface area contributed by atoms with Gasteiger partial charge in [-0.1, -0.05) is 70.7 Å². The molecule has 50 heavy (non-hydrogen) atoms. The second kappa shape index (κ2) is 18.7. The quantitative estimate of drug-likeness (QED) is 0.0731. The van der Waals surface area contributed by atoms with E-state index in [1.54, 1.807) is 6.20 Å². The van der Waals surface area contributed by atoms with Crippen molar-refractivity contribution in [2.45, 2.75) is 90.8 Å². The first-order valence-corrected chi connectivity index (χ1v) is 22.0. The number of amides is 1. The standard InChI is InChI=1S/C38H53F2N3O5SSi/c1-38(2,3)36(33-22-28(30-23-29(39)15-16-31(30)40)25-42(33)24-27-12-8-7-9-13-27)43(34(44)26-49-20-17-32(41)37(46)47)18-11-10-14-35(45)48-19-21-50(4,5)6/h7-9,12-13,15-16,22-23,25,32,36H,10-11,14,17-21,24,26,41H2,1-6H3,(H,46,47)/t32?,36-/m0/s1. The molecule has 0 radical (unpaired) electrons. The van der Waals surface area contributed by atoms with Gasteiger partial charge in [-0.05, 0) is 66.3 Å². The summed E-state index contributed by atoms with van der Waals surface area (Å²) in [5.41, 5.74) is 7.56. The lowest BCUT2D eigenvalue weighted by Crippen LogP contribution is -2.43. The summed E-state index contributed by atoms with van der Waals surface area (Å²) in [6, 6.07) is 14.4. The predicted octanol–water partition coefficient (Wildman–Crippen LogP) is 7.98. The van der Waals surface area contributed by atoms with Gasteiger partial charge in [0.25, 0.3) is 0 Å². The van der Waals surface area contributed by atoms with Crippen molar-refractivity contribution in [2.24, 2.45) is 11.1 Å². The number of ether oxygens (including phenoxy) is 1. The van der Waals surface area contributed by atoms with E-state index in [0.717, 1.165) is 29.4 Å². The molecule has 0 aliphatic carbocycles. The summed E-state index contributed by atoms with van der Waals surface area (Å²) >= 11 is 1.32. The molecule has 2 atom stereocenters. The summed E-state index contributed by atoms with van der Waals surface area (Å²) in [4.78, 5) is 39.7. The lowest BCUT2D eigenvalue weighted by Gasteiger charge is -2.41. The van der Waals surface area contributed by atoms with Crippen molar-refractivity contribution in [2.75, 3.05) is 24.7 Å². The Kier molecular flexibility index (Phi) is 15.3. The summed E-state index contributed by atoms with van der Waals surface area (Å²) in [6.07, 6.45) is 3.33. The van der Waals surface area contributed by atoms with Crippen LogP contribution in [0.1, 0.15) is 63.8 Å². The zero-order valence-electron chi connectivity index (χ0n) is 30.2. The molecule has 0 aliphatic rings. The van der Waals surface area contributed by atoms with E-state index >= 15 is 4.39 Å². The largest absolute Gasteiger partial charge is 0.480 e. The highest BCUT2D eigenvalue weighted by Crippen LogP contribution is 2.41. The molecule has 1 aromatic heterocycles. The Morgan fingerprint density at radius 3 is 2.38 bits per heavy atom. The first-order valence-electron chi connectivity index (χ1n) is 17.2. The average molecular weight is 730 g/mol. The van der Waals surface area contributed by atoms with E-state index in [0.29, 0.717) is 43.9 Å². The fourth-order valence-electron chi connectivity index (χ4n) is 5.68. The zero-order chi connectivity index (χ0) is 37.1. The average Bonchev–Trinajstić information content (AvgIpc) is 3.43. The maximum Gasteiger partial charge on any atom is 0.320 e. The van der Waals surface area contributed by atoms with Crippen LogP contribution in [0.5, 0.6) is 0 Å². The minimum atomic E-state index is -1.34. The summed E-state index contributed by atoms with van der Waals surface area (Å²) in [6.45, 7) is 14.0. The van der Waals surface area contributed by atoms with E-state index in [4.69, 9.17) is 10.5 Å². The zero-order valence-corrected chi connectivity index (χ0v) is 32.0. The number of halogens is 2. The molecule has 274 valence electrons. The van der Waals surface area contributed by atoms with E-state index in [9.17, 15) is 23.9 Å². The number of carbonyl (C=O) groups is 3. The highest BCUT2D eigenvalue weighted by molar-refractivity contribution is 7.99. The SMILES string of the molecule is CC(C)(C)[C@H](c1cc(-c2cc(F)ccc2F)cn1Cc1ccccc1)N(CCCCC(=O)OCC[Si](C)(C)C)C(=O)CSCCC(N)C(=O)O. The smallest absolute Gasteiger partial charge is 0.320 e. The molecule has 0 saturated heterocycles. The van der Waals surface area contributed by atoms with E-state index in [1.165, 1.54) is 17.8 Å². The highest BCUT2D eigenvalue weighted by atomic mass is 32.2. The molecule has 0 bridgehead atoms. The van der Waals surface area contributed by atoms with Crippen molar-refractivity contribution in [3.05, 3.63) is 83.7 Å². The van der Waals surface area contributed by atoms with Gasteiger partial charge in [0.2, 0.25) is 5.91 Å². The molecular formula is C38H53F2N3O5SSi. The number of hydrogen-bond donors (Lipinski definition) is 2. The van der Waals surface area contributed by atoms with Crippen molar-refractivity contribution in [1.82, 2.24) is 9.47 Å². The number of esters is 1. The lowest BCUT2D eigenvalue weighted by atomic mass is 9.83. The van der Waals surface area contributed by atoms with Crippen LogP contribution in [-0.4, -0.2) is 71.2 Å². The van der Waals surface area contributed by atoms with Gasteiger partial charge in [0.05, 0.1) is 18.4 Å². The first-order chi connectivity index (χ1) is 23.5. The van der Waals surface area contributed by atoms with Gasteiger partial charge in [0.1, 0.15) is 17.7 Å². The molecule has 0 saturated carbocycles. The third kappa shape index (κ3) is 13.0. The van der Waals surface area contributed by atoms with E-state index < -0.39 is 43.2 Å². The minimum absolute atomic E-state index is 0.0996. The van der Waals surface area contributed by atoms with Crippen LogP contribution in [0.2, 0.25) is 25.7 Å². The molecule has 1 unspecified atom stereocenters. The molecule has 12 heteroatoms. The fourth-order valence-corrected chi connectivity index (χ4v) is 7.30. The Morgan fingerprint density at radius 1 is 1.04 bits per heavy atom. The van der Waals surface area contributed by atoms with Gasteiger partial charge in [0, 0.05) is 50.6 Å². The van der Waals surface area contributed by atoms with Crippen molar-refractivity contribution >= 4 is 37.7 Å². The molecule has 3 aromatic rings. The second-order valence-corrected chi connectivity index (χ2v) is 21.7. The Labute approximate surface area is 300 Å². The second-order valence-electron chi connectivity index (χ2n) is 15.0. The Hall–Kier alpha value is -3.48. The topological polar surface area (TPSA) is 115 Å². The van der Waals surface area contributed by atoms with Crippen molar-refractivity contribution in [3.8, 4) is 11.1 Å². The van der Waals surface area contributed by atoms with Crippen molar-refractivity contribution in [1.29, 1.82) is 0 Å². The Bertz CT molecular complexity index is 1570. The molecule has 1 amide bonds. The number of carboxylic acid groups (broad SMARTS) is 1. The number of carboxylic acids is 1. The van der Waals surface area contributed by atoms with Crippen molar-refractivity contribution < 1.29 is 33.0 Å². The molecule has 3 rings (SSSR count). The highest BCUT2D eigenvalue weighted by Gasteiger charge is 2.37. The summed E-state index contributed by atoms with van der Waals surface area (Å²) < 4.78 is 36.9. The maximum absolute atomic E-state index is 15.1. The number of benzene rings is 2. The van der Waals surface area contributed by atoms with Crippen LogP contribution in [0, 0.1) is 17.0 Å². The fraction of sp³-hybridized carbons (Fsp3) is 0.500. The van der Waals surface area contributed by atoms with Gasteiger partial charge in [-0.3, -0.25) is 14.4 Å². The summed E-state index contributed by atoms with van der Waals surface area (Å²) in [5.74, 6) is -2.11. The van der Waals surface area contributed by atoms with Crippen LogP contribution in [-0.2, 0) is 25.7 Å². The van der Waals surface area contributed by atoms with Gasteiger partial charge in [-0.25, -0.2) is 8.78 Å². The number of hydrogen-bond acceptors (Lipinski definition) is 6. The normalized spacial score (nSPS) is 13.1. The van der Waals surface area contributed by atoms with Crippen LogP contribution in [0.3, 0.4) is 0 Å². The van der Waals surface area contributed by atoms with Gasteiger partial charge < -0.3 is 25.0 Å². The number of nitrogens with zero attached hydrogens (tertiary/aromatic N) is 2. The van der Waals surface area contributed by atoms with Crippen LogP contribution in [0.15, 0.2) is 60.8 Å². The molecule has 2 aromatic carbocycles. The first kappa shape index (κ1) is 40.9. The molecular weight excluding hydrogens is 677 g/mol. The Balaban J connectivity index is 1.97. The van der Waals surface area contributed by atoms with Crippen LogP contribution in [0.25, 0.3) is 11.1 Å². The monoisotopic (exact) mass is 729 g/mol. The van der Waals surface area contributed by atoms with Gasteiger partial charge in [-0.15, -0.1) is 0 Å². The van der Waals surface area contributed by atoms with E-state index in [2.05, 4.69) is 19.6 Å². The molecule has 3 N–H and O–H groups in total. The molecule has 1 heterocycles. The van der Waals surface area contributed by atoms with Crippen LogP contribution >= 0.6 is 11.8 Å². The number of unbranched alkanes of at least 4 members (excludes halogenated alkanes) is 1. The maximum atomic E-state index is 15.1. The predicted molar refractivity (Wildman–Crippen MR) is 200 cm³/mol. The van der Waals surface area contributed by atoms with Crippen LogP contribution in [0.4, 0.5) is 8.78 Å². The minimum Gasteiger partial charge on any atom is -0.480 e. The molecule has 0 aliphatic heterocycles. The van der Waals surface area contributed by atoms with Gasteiger partial charge in [-0.2, -0.15) is 11.8 Å². The third-order valence-electron chi connectivity index (χ3n) is 8.36. The van der Waals surface area contributed by atoms with Gasteiger partial charge >= 0.3 is 11.9 Å². The number of nitrogens with two attached hydrogens (primary N) is 1. The number of aromatic nitrogens is 1. The summed E-state index contributed by atoms with van der Waals surface area (Å²) in [5, 5.41) is 9.17. The number of aliphatic carboxylic acids is 1. The number of rotatable bonds is 19. The Morgan fingerprint density at radius 2 is 1.74 bits per heavy atom. The molecule has 0 fully saturated rings. The van der Waals surface area contributed by atoms with Gasteiger partial charge in [0.15, 0.2) is 0 Å². The third-order valence-corrected chi connectivity index (χ3v) is 11.0. The number of thioether (sulfide) groups is 1. The van der Waals surface area contributed by atoms with E-state index in [1.807, 2.05) is 66.6 Å². The van der Waals surface area contributed by atoms with Crippen LogP contribution < -0.4 is 5.73 Å². The molecule has 0 spiro atoms. The lowest BCUT2D eigenvalue weighted by molar-refractivity contribution is -0.143. The number of carbonyl (C=O) groups excluding carboxylic acids is 2.